The van der Waals surface area contributed by atoms with Crippen molar-refractivity contribution < 1.29 is 4.74 Å². The molecule has 0 radical (unpaired) electrons. The van der Waals surface area contributed by atoms with Gasteiger partial charge in [0.2, 0.25) is 0 Å². The number of anilines is 3. The van der Waals surface area contributed by atoms with E-state index < -0.39 is 10.8 Å². The van der Waals surface area contributed by atoms with Crippen molar-refractivity contribution in [2.24, 2.45) is 0 Å². The predicted molar refractivity (Wildman–Crippen MR) is 308 cm³/mol. The van der Waals surface area contributed by atoms with Crippen LogP contribution in [0.4, 0.5) is 17.1 Å². The highest BCUT2D eigenvalue weighted by atomic mass is 32.2. The molecule has 16 rings (SSSR count). The summed E-state index contributed by atoms with van der Waals surface area (Å²) in [6, 6.07) is 102. The maximum atomic E-state index is 6.81. The second kappa shape index (κ2) is 16.2. The molecule has 2 aliphatic carbocycles. The van der Waals surface area contributed by atoms with Crippen molar-refractivity contribution in [3.63, 3.8) is 0 Å². The average molecular weight is 972 g/mol. The molecule has 0 saturated carbocycles. The molecule has 2 heterocycles. The largest absolute Gasteiger partial charge is 0.457 e. The summed E-state index contributed by atoms with van der Waals surface area (Å²) in [4.78, 5) is 5.20. The van der Waals surface area contributed by atoms with Gasteiger partial charge in [-0.25, -0.2) is 0 Å². The molecule has 0 aromatic heterocycles. The summed E-state index contributed by atoms with van der Waals surface area (Å²) in [6.45, 7) is 0. The van der Waals surface area contributed by atoms with Crippen LogP contribution in [0.2, 0.25) is 0 Å². The van der Waals surface area contributed by atoms with Gasteiger partial charge in [0, 0.05) is 37.4 Å². The van der Waals surface area contributed by atoms with Crippen LogP contribution in [-0.4, -0.2) is 0 Å². The second-order valence-corrected chi connectivity index (χ2v) is 21.2. The topological polar surface area (TPSA) is 12.5 Å². The SMILES string of the molecule is c1ccc(-c2ccc(-c3ccccc3N(c3cccc4c3-c3ccccc3C43c4ccccc4Oc4ccccc43)c3cccc4ccc5c(c34)-c3ccccc3C53c4ccccc4Sc4ccccc43)cc2)cc1. The van der Waals surface area contributed by atoms with Crippen molar-refractivity contribution in [3.05, 3.63) is 317 Å². The van der Waals surface area contributed by atoms with Crippen molar-refractivity contribution in [3.8, 4) is 56.0 Å². The minimum absolute atomic E-state index is 0.530. The summed E-state index contributed by atoms with van der Waals surface area (Å²) < 4.78 is 6.81. The lowest BCUT2D eigenvalue weighted by Gasteiger charge is -2.40. The molecule has 12 aromatic rings. The third-order valence-electron chi connectivity index (χ3n) is 16.6. The maximum Gasteiger partial charge on any atom is 0.132 e. The second-order valence-electron chi connectivity index (χ2n) is 20.1. The van der Waals surface area contributed by atoms with Gasteiger partial charge in [-0.2, -0.15) is 0 Å². The molecule has 350 valence electrons. The fourth-order valence-electron chi connectivity index (χ4n) is 13.7. The van der Waals surface area contributed by atoms with Gasteiger partial charge in [0.1, 0.15) is 11.5 Å². The Kier molecular flexibility index (Phi) is 9.14. The zero-order chi connectivity index (χ0) is 49.2. The Morgan fingerprint density at radius 1 is 0.280 bits per heavy atom. The van der Waals surface area contributed by atoms with Gasteiger partial charge in [0.25, 0.3) is 0 Å². The van der Waals surface area contributed by atoms with E-state index >= 15 is 0 Å². The third-order valence-corrected chi connectivity index (χ3v) is 17.8. The lowest BCUT2D eigenvalue weighted by atomic mass is 9.66. The number of fused-ring (bicyclic) bond motifs is 20. The molecule has 75 heavy (non-hydrogen) atoms. The molecule has 2 aliphatic heterocycles. The number of hydrogen-bond acceptors (Lipinski definition) is 3. The van der Waals surface area contributed by atoms with E-state index in [2.05, 4.69) is 278 Å². The van der Waals surface area contributed by atoms with Crippen LogP contribution >= 0.6 is 11.8 Å². The van der Waals surface area contributed by atoms with Crippen LogP contribution in [-0.2, 0) is 10.8 Å². The number of nitrogens with zero attached hydrogens (tertiary/aromatic N) is 1. The fourth-order valence-corrected chi connectivity index (χ4v) is 14.9. The van der Waals surface area contributed by atoms with E-state index in [0.717, 1.165) is 50.8 Å². The van der Waals surface area contributed by atoms with Gasteiger partial charge in [-0.3, -0.25) is 0 Å². The van der Waals surface area contributed by atoms with E-state index in [9.17, 15) is 0 Å². The van der Waals surface area contributed by atoms with Crippen molar-refractivity contribution in [1.82, 2.24) is 0 Å². The monoisotopic (exact) mass is 971 g/mol. The third kappa shape index (κ3) is 5.76. The Bertz CT molecular complexity index is 4230. The molecule has 0 bridgehead atoms. The van der Waals surface area contributed by atoms with Gasteiger partial charge in [0.15, 0.2) is 0 Å². The zero-order valence-electron chi connectivity index (χ0n) is 40.7. The van der Waals surface area contributed by atoms with E-state index in [4.69, 9.17) is 4.74 Å². The molecule has 3 heteroatoms. The van der Waals surface area contributed by atoms with E-state index in [0.29, 0.717) is 0 Å². The van der Waals surface area contributed by atoms with Gasteiger partial charge < -0.3 is 9.64 Å². The number of ether oxygens (including phenoxy) is 1. The molecular weight excluding hydrogens is 927 g/mol. The highest BCUT2D eigenvalue weighted by Crippen LogP contribution is 2.67. The molecule has 0 saturated heterocycles. The first kappa shape index (κ1) is 42.4. The van der Waals surface area contributed by atoms with Crippen LogP contribution in [0.1, 0.15) is 44.5 Å². The van der Waals surface area contributed by atoms with Crippen molar-refractivity contribution in [1.29, 1.82) is 0 Å². The Morgan fingerprint density at radius 3 is 1.41 bits per heavy atom. The summed E-state index contributed by atoms with van der Waals surface area (Å²) in [5.74, 6) is 1.76. The van der Waals surface area contributed by atoms with E-state index in [1.54, 1.807) is 0 Å². The lowest BCUT2D eigenvalue weighted by Crippen LogP contribution is -2.32. The highest BCUT2D eigenvalue weighted by Gasteiger charge is 2.53. The van der Waals surface area contributed by atoms with Crippen LogP contribution in [0.3, 0.4) is 0 Å². The van der Waals surface area contributed by atoms with Crippen molar-refractivity contribution in [2.75, 3.05) is 4.90 Å². The lowest BCUT2D eigenvalue weighted by molar-refractivity contribution is 0.436. The zero-order valence-corrected chi connectivity index (χ0v) is 41.6. The average Bonchev–Trinajstić information content (AvgIpc) is 4.18. The minimum atomic E-state index is -0.642. The first-order chi connectivity index (χ1) is 37.2. The summed E-state index contributed by atoms with van der Waals surface area (Å²) >= 11 is 1.89. The number of para-hydroxylation sites is 3. The van der Waals surface area contributed by atoms with Crippen LogP contribution < -0.4 is 9.64 Å². The summed E-state index contributed by atoms with van der Waals surface area (Å²) in [5.41, 5.74) is 21.9. The Morgan fingerprint density at radius 2 is 0.733 bits per heavy atom. The molecule has 2 spiro atoms. The predicted octanol–water partition coefficient (Wildman–Crippen LogP) is 18.9. The van der Waals surface area contributed by atoms with E-state index in [-0.39, 0.29) is 0 Å². The van der Waals surface area contributed by atoms with Crippen molar-refractivity contribution in [2.45, 2.75) is 20.6 Å². The summed E-state index contributed by atoms with van der Waals surface area (Å²) in [6.07, 6.45) is 0. The number of hydrogen-bond donors (Lipinski definition) is 0. The molecule has 0 unspecified atom stereocenters. The quantitative estimate of drug-likeness (QED) is 0.171. The molecule has 12 aromatic carbocycles. The molecule has 0 atom stereocenters. The molecule has 4 aliphatic rings. The van der Waals surface area contributed by atoms with E-state index in [1.807, 2.05) is 11.8 Å². The smallest absolute Gasteiger partial charge is 0.132 e. The van der Waals surface area contributed by atoms with Gasteiger partial charge >= 0.3 is 0 Å². The van der Waals surface area contributed by atoms with Gasteiger partial charge in [0.05, 0.1) is 27.9 Å². The fraction of sp³-hybridized carbons (Fsp3) is 0.0278. The minimum Gasteiger partial charge on any atom is -0.457 e. The first-order valence-corrected chi connectivity index (χ1v) is 26.7. The van der Waals surface area contributed by atoms with Crippen LogP contribution in [0.5, 0.6) is 11.5 Å². The molecule has 0 N–H and O–H groups in total. The Hall–Kier alpha value is -9.15. The number of rotatable bonds is 5. The standard InChI is InChI=1S/C72H45NOS/c1-2-20-46(21-3-1)47-40-42-48(43-41-47)50-23-6-13-33-61(50)73(63-35-19-32-59-69(63)51-24-4-7-26-53(51)71(59)55-28-9-14-36-64(55)74-65-37-15-10-29-56(65)71)62-34-18-22-49-44-45-60-70(68(49)62)52-25-5-8-27-54(52)72(60)57-30-11-16-38-66(57)75-67-39-17-12-31-58(67)72/h1-45H. The van der Waals surface area contributed by atoms with Gasteiger partial charge in [-0.05, 0) is 115 Å². The maximum absolute atomic E-state index is 6.81. The van der Waals surface area contributed by atoms with Gasteiger partial charge in [-0.1, -0.05) is 242 Å². The normalized spacial score (nSPS) is 14.1. The molecule has 2 nitrogen and oxygen atoms in total. The Labute approximate surface area is 440 Å². The molecular formula is C72H45NOS. The van der Waals surface area contributed by atoms with Crippen LogP contribution in [0, 0.1) is 0 Å². The van der Waals surface area contributed by atoms with Crippen molar-refractivity contribution >= 4 is 39.6 Å². The summed E-state index contributed by atoms with van der Waals surface area (Å²) in [5, 5.41) is 2.42. The van der Waals surface area contributed by atoms with Crippen LogP contribution in [0.25, 0.3) is 55.3 Å². The molecule has 0 amide bonds. The Balaban J connectivity index is 1.03. The van der Waals surface area contributed by atoms with Crippen LogP contribution in [0.15, 0.2) is 283 Å². The van der Waals surface area contributed by atoms with Gasteiger partial charge in [-0.15, -0.1) is 0 Å². The summed E-state index contributed by atoms with van der Waals surface area (Å²) in [7, 11) is 0. The first-order valence-electron chi connectivity index (χ1n) is 25.9. The number of benzene rings is 12. The highest BCUT2D eigenvalue weighted by molar-refractivity contribution is 7.99. The van der Waals surface area contributed by atoms with E-state index in [1.165, 1.54) is 87.3 Å². The molecule has 0 fully saturated rings.